The fraction of sp³-hybridized carbons (Fsp3) is 0.533. The maximum atomic E-state index is 11.8. The third-order valence-corrected chi connectivity index (χ3v) is 8.01. The molecule has 6 heteroatoms. The Bertz CT molecular complexity index is 513. The van der Waals surface area contributed by atoms with Gasteiger partial charge in [0.25, 0.3) is 0 Å². The van der Waals surface area contributed by atoms with Crippen LogP contribution in [0.25, 0.3) is 0 Å². The summed E-state index contributed by atoms with van der Waals surface area (Å²) in [5, 5.41) is 2.90. The van der Waals surface area contributed by atoms with E-state index >= 15 is 0 Å². The number of para-hydroxylation sites is 1. The number of carbonyl (C=O) groups excluding carboxylic acids is 1. The number of benzene rings is 1. The molecule has 2 atom stereocenters. The van der Waals surface area contributed by atoms with Gasteiger partial charge in [-0.25, -0.2) is 5.09 Å². The van der Waals surface area contributed by atoms with Crippen molar-refractivity contribution in [3.8, 4) is 5.75 Å². The maximum absolute atomic E-state index is 11.8. The Hall–Kier alpha value is -0.900. The molecule has 0 aliphatic carbocycles. The molecule has 0 aliphatic rings. The smallest absolute Gasteiger partial charge is 0.323 e. The lowest BCUT2D eigenvalue weighted by atomic mass is 10.3. The zero-order valence-electron chi connectivity index (χ0n) is 13.3. The summed E-state index contributed by atoms with van der Waals surface area (Å²) < 4.78 is 11.1. The van der Waals surface area contributed by atoms with E-state index in [1.54, 1.807) is 13.8 Å². The summed E-state index contributed by atoms with van der Waals surface area (Å²) in [6.45, 7) is 9.93. The first-order valence-corrected chi connectivity index (χ1v) is 9.71. The molecule has 0 amide bonds. The second-order valence-corrected chi connectivity index (χ2v) is 10.2. The standard InChI is InChI=1S/C15H24NO3PS/c1-6-18-14(17)12(2)16-20(21,15(3,4)5)19-13-10-8-7-9-11-13/h7-12H,6H2,1-5H3,(H,16,21)/t12-,20?/m0/s1. The first-order valence-electron chi connectivity index (χ1n) is 6.99. The van der Waals surface area contributed by atoms with Gasteiger partial charge in [-0.2, -0.15) is 0 Å². The minimum absolute atomic E-state index is 0.293. The Balaban J connectivity index is 2.95. The molecular weight excluding hydrogens is 305 g/mol. The molecule has 0 aromatic heterocycles. The van der Waals surface area contributed by atoms with E-state index in [-0.39, 0.29) is 11.1 Å². The molecule has 1 rings (SSSR count). The number of hydrogen-bond donors (Lipinski definition) is 1. The Morgan fingerprint density at radius 1 is 1.33 bits per heavy atom. The van der Waals surface area contributed by atoms with Crippen molar-refractivity contribution in [1.29, 1.82) is 0 Å². The van der Waals surface area contributed by atoms with Crippen molar-refractivity contribution in [2.45, 2.75) is 45.8 Å². The van der Waals surface area contributed by atoms with Crippen molar-refractivity contribution in [2.24, 2.45) is 0 Å². The van der Waals surface area contributed by atoms with E-state index < -0.39 is 12.5 Å². The van der Waals surface area contributed by atoms with Crippen LogP contribution in [0.15, 0.2) is 30.3 Å². The topological polar surface area (TPSA) is 47.6 Å². The van der Waals surface area contributed by atoms with Crippen molar-refractivity contribution < 1.29 is 14.1 Å². The third-order valence-electron chi connectivity index (χ3n) is 2.86. The molecule has 0 fully saturated rings. The Morgan fingerprint density at radius 2 is 1.90 bits per heavy atom. The summed E-state index contributed by atoms with van der Waals surface area (Å²) in [6, 6.07) is 8.94. The van der Waals surface area contributed by atoms with Gasteiger partial charge in [0.15, 0.2) is 6.42 Å². The first kappa shape index (κ1) is 18.1. The highest BCUT2D eigenvalue weighted by molar-refractivity contribution is 8.12. The molecule has 4 nitrogen and oxygen atoms in total. The number of nitrogens with one attached hydrogen (secondary N) is 1. The summed E-state index contributed by atoms with van der Waals surface area (Å²) in [7, 11) is 0. The van der Waals surface area contributed by atoms with Gasteiger partial charge in [-0.05, 0) is 37.8 Å². The number of esters is 1. The van der Waals surface area contributed by atoms with Crippen molar-refractivity contribution >= 4 is 24.2 Å². The molecule has 1 aromatic carbocycles. The summed E-state index contributed by atoms with van der Waals surface area (Å²) in [4.78, 5) is 11.8. The number of rotatable bonds is 6. The molecule has 0 heterocycles. The molecule has 0 saturated carbocycles. The molecular formula is C15H24NO3PS. The monoisotopic (exact) mass is 329 g/mol. The van der Waals surface area contributed by atoms with Crippen molar-refractivity contribution in [2.75, 3.05) is 6.61 Å². The van der Waals surface area contributed by atoms with E-state index in [4.69, 9.17) is 21.1 Å². The molecule has 118 valence electrons. The van der Waals surface area contributed by atoms with Crippen LogP contribution < -0.4 is 9.61 Å². The Labute approximate surface area is 132 Å². The summed E-state index contributed by atoms with van der Waals surface area (Å²) in [5.41, 5.74) is 0. The van der Waals surface area contributed by atoms with Crippen molar-refractivity contribution in [3.05, 3.63) is 30.3 Å². The Morgan fingerprint density at radius 3 is 2.38 bits per heavy atom. The van der Waals surface area contributed by atoms with Gasteiger partial charge in [-0.3, -0.25) is 4.79 Å². The molecule has 0 bridgehead atoms. The zero-order chi connectivity index (χ0) is 16.1. The van der Waals surface area contributed by atoms with E-state index in [0.717, 1.165) is 0 Å². The zero-order valence-corrected chi connectivity index (χ0v) is 15.0. The molecule has 1 N–H and O–H groups in total. The van der Waals surface area contributed by atoms with E-state index in [1.165, 1.54) is 0 Å². The Kier molecular flexibility index (Phi) is 6.39. The van der Waals surface area contributed by atoms with Gasteiger partial charge in [0, 0.05) is 5.16 Å². The SMILES string of the molecule is CCOC(=O)[C@H](C)NP(=S)(Oc1ccccc1)C(C)(C)C. The maximum Gasteiger partial charge on any atom is 0.323 e. The molecule has 0 aliphatic heterocycles. The average Bonchev–Trinajstić information content (AvgIpc) is 2.38. The summed E-state index contributed by atoms with van der Waals surface area (Å²) in [6.07, 6.45) is -2.48. The van der Waals surface area contributed by atoms with Crippen LogP contribution in [-0.4, -0.2) is 23.8 Å². The van der Waals surface area contributed by atoms with Crippen LogP contribution in [0, 0.1) is 0 Å². The second kappa shape index (κ2) is 7.39. The quantitative estimate of drug-likeness (QED) is 0.637. The molecule has 0 radical (unpaired) electrons. The van der Waals surface area contributed by atoms with E-state index in [2.05, 4.69) is 5.09 Å². The molecule has 0 saturated heterocycles. The largest absolute Gasteiger partial charge is 0.465 e. The van der Waals surface area contributed by atoms with Crippen LogP contribution in [0.1, 0.15) is 34.6 Å². The van der Waals surface area contributed by atoms with Crippen LogP contribution in [0.4, 0.5) is 0 Å². The lowest BCUT2D eigenvalue weighted by molar-refractivity contribution is -0.144. The minimum Gasteiger partial charge on any atom is -0.465 e. The van der Waals surface area contributed by atoms with E-state index in [0.29, 0.717) is 12.4 Å². The second-order valence-electron chi connectivity index (χ2n) is 5.73. The fourth-order valence-corrected chi connectivity index (χ4v) is 4.04. The van der Waals surface area contributed by atoms with Gasteiger partial charge in [0.1, 0.15) is 11.8 Å². The first-order chi connectivity index (χ1) is 9.69. The normalized spacial score (nSPS) is 15.9. The van der Waals surface area contributed by atoms with Crippen LogP contribution in [0.3, 0.4) is 0 Å². The lowest BCUT2D eigenvalue weighted by Crippen LogP contribution is -2.39. The number of carbonyl (C=O) groups is 1. The van der Waals surface area contributed by atoms with Gasteiger partial charge in [0.05, 0.1) is 6.61 Å². The summed E-state index contributed by atoms with van der Waals surface area (Å²) >= 11 is 5.77. The summed E-state index contributed by atoms with van der Waals surface area (Å²) in [5.74, 6) is 0.395. The molecule has 1 unspecified atom stereocenters. The number of hydrogen-bond acceptors (Lipinski definition) is 4. The average molecular weight is 329 g/mol. The van der Waals surface area contributed by atoms with Crippen LogP contribution in [0.5, 0.6) is 5.75 Å². The minimum atomic E-state index is -2.48. The van der Waals surface area contributed by atoms with Gasteiger partial charge in [-0.1, -0.05) is 39.0 Å². The lowest BCUT2D eigenvalue weighted by Gasteiger charge is -2.36. The number of ether oxygens (including phenoxy) is 1. The van der Waals surface area contributed by atoms with Gasteiger partial charge < -0.3 is 9.26 Å². The molecule has 0 spiro atoms. The third kappa shape index (κ3) is 5.10. The molecule has 1 aromatic rings. The van der Waals surface area contributed by atoms with Crippen molar-refractivity contribution in [1.82, 2.24) is 5.09 Å². The molecule has 21 heavy (non-hydrogen) atoms. The van der Waals surface area contributed by atoms with Gasteiger partial charge in [0.2, 0.25) is 0 Å². The highest BCUT2D eigenvalue weighted by atomic mass is 32.4. The predicted octanol–water partition coefficient (Wildman–Crippen LogP) is 3.71. The van der Waals surface area contributed by atoms with Crippen LogP contribution >= 0.6 is 6.42 Å². The van der Waals surface area contributed by atoms with Gasteiger partial charge in [-0.15, -0.1) is 0 Å². The highest BCUT2D eigenvalue weighted by Gasteiger charge is 2.37. The van der Waals surface area contributed by atoms with Gasteiger partial charge >= 0.3 is 5.97 Å². The predicted molar refractivity (Wildman–Crippen MR) is 90.3 cm³/mol. The van der Waals surface area contributed by atoms with Crippen LogP contribution in [-0.2, 0) is 21.3 Å². The van der Waals surface area contributed by atoms with Crippen molar-refractivity contribution in [3.63, 3.8) is 0 Å². The fourth-order valence-electron chi connectivity index (χ4n) is 1.56. The van der Waals surface area contributed by atoms with Crippen LogP contribution in [0.2, 0.25) is 0 Å². The highest BCUT2D eigenvalue weighted by Crippen LogP contribution is 2.55. The van der Waals surface area contributed by atoms with E-state index in [9.17, 15) is 4.79 Å². The van der Waals surface area contributed by atoms with E-state index in [1.807, 2.05) is 51.1 Å².